The van der Waals surface area contributed by atoms with Crippen LogP contribution in [0.1, 0.15) is 31.0 Å². The molecule has 0 bridgehead atoms. The van der Waals surface area contributed by atoms with Gasteiger partial charge in [0.05, 0.1) is 0 Å². The Hall–Kier alpha value is -1.82. The lowest BCUT2D eigenvalue weighted by Crippen LogP contribution is -2.26. The van der Waals surface area contributed by atoms with Gasteiger partial charge in [-0.2, -0.15) is 0 Å². The Balaban J connectivity index is 2.59. The molecule has 0 saturated heterocycles. The highest BCUT2D eigenvalue weighted by atomic mass is 19.1. The molecule has 3 N–H and O–H groups in total. The van der Waals surface area contributed by atoms with Crippen LogP contribution in [-0.2, 0) is 10.5 Å². The second kappa shape index (κ2) is 4.70. The van der Waals surface area contributed by atoms with Crippen molar-refractivity contribution in [2.45, 2.75) is 25.6 Å². The molecule has 1 aliphatic rings. The van der Waals surface area contributed by atoms with Crippen molar-refractivity contribution in [1.82, 2.24) is 0 Å². The first-order chi connectivity index (χ1) is 8.80. The molecular weight excluding hydrogens is 253 g/mol. The van der Waals surface area contributed by atoms with Crippen molar-refractivity contribution < 1.29 is 23.8 Å². The molecule has 0 spiro atoms. The van der Waals surface area contributed by atoms with Gasteiger partial charge in [0.15, 0.2) is 11.5 Å². The lowest BCUT2D eigenvalue weighted by Gasteiger charge is -2.26. The molecule has 104 valence electrons. The fourth-order valence-corrected chi connectivity index (χ4v) is 2.01. The van der Waals surface area contributed by atoms with Gasteiger partial charge in [-0.1, -0.05) is 0 Å². The van der Waals surface area contributed by atoms with Gasteiger partial charge < -0.3 is 20.3 Å². The van der Waals surface area contributed by atoms with E-state index < -0.39 is 17.7 Å². The van der Waals surface area contributed by atoms with Crippen LogP contribution in [0.2, 0.25) is 0 Å². The number of benzene rings is 1. The highest BCUT2D eigenvalue weighted by molar-refractivity contribution is 5.76. The van der Waals surface area contributed by atoms with Gasteiger partial charge in [0.25, 0.3) is 0 Å². The number of nitrogens with two attached hydrogens (primary N) is 1. The van der Waals surface area contributed by atoms with E-state index in [1.807, 2.05) is 0 Å². The van der Waals surface area contributed by atoms with Gasteiger partial charge >= 0.3 is 5.97 Å². The SMILES string of the molecule is CC(C)(F)c1cc2c(cc1C(N)C(=O)O)OCCO2. The van der Waals surface area contributed by atoms with E-state index in [9.17, 15) is 9.18 Å². The number of alkyl halides is 1. The fourth-order valence-electron chi connectivity index (χ4n) is 2.01. The van der Waals surface area contributed by atoms with Crippen LogP contribution >= 0.6 is 0 Å². The van der Waals surface area contributed by atoms with E-state index in [4.69, 9.17) is 20.3 Å². The molecule has 1 aliphatic heterocycles. The average molecular weight is 269 g/mol. The van der Waals surface area contributed by atoms with E-state index in [1.165, 1.54) is 26.0 Å². The highest BCUT2D eigenvalue weighted by Crippen LogP contribution is 2.40. The number of carboxylic acids is 1. The zero-order chi connectivity index (χ0) is 14.2. The second-order valence-corrected chi connectivity index (χ2v) is 4.87. The molecule has 2 rings (SSSR count). The smallest absolute Gasteiger partial charge is 0.325 e. The van der Waals surface area contributed by atoms with Gasteiger partial charge in [0, 0.05) is 0 Å². The molecule has 0 saturated carbocycles. The summed E-state index contributed by atoms with van der Waals surface area (Å²) in [6.45, 7) is 3.43. The van der Waals surface area contributed by atoms with Crippen molar-refractivity contribution in [3.05, 3.63) is 23.3 Å². The molecule has 0 radical (unpaired) electrons. The standard InChI is InChI=1S/C13H16FNO4/c1-13(2,14)8-6-10-9(18-3-4-19-10)5-7(8)11(15)12(16)17/h5-6,11H,3-4,15H2,1-2H3,(H,16,17). The van der Waals surface area contributed by atoms with E-state index in [2.05, 4.69) is 0 Å². The number of fused-ring (bicyclic) bond motifs is 1. The third-order valence-electron chi connectivity index (χ3n) is 2.96. The zero-order valence-electron chi connectivity index (χ0n) is 10.8. The molecule has 0 amide bonds. The highest BCUT2D eigenvalue weighted by Gasteiger charge is 2.30. The Kier molecular flexibility index (Phi) is 3.36. The maximum atomic E-state index is 14.2. The second-order valence-electron chi connectivity index (χ2n) is 4.87. The number of carbonyl (C=O) groups is 1. The lowest BCUT2D eigenvalue weighted by atomic mass is 9.90. The molecule has 0 aromatic heterocycles. The van der Waals surface area contributed by atoms with Crippen molar-refractivity contribution in [3.63, 3.8) is 0 Å². The molecule has 1 atom stereocenters. The Morgan fingerprint density at radius 2 is 1.89 bits per heavy atom. The topological polar surface area (TPSA) is 81.8 Å². The normalized spacial score (nSPS) is 16.0. The van der Waals surface area contributed by atoms with Crippen molar-refractivity contribution in [2.75, 3.05) is 13.2 Å². The summed E-state index contributed by atoms with van der Waals surface area (Å²) in [6.07, 6.45) is 0. The summed E-state index contributed by atoms with van der Waals surface area (Å²) in [6, 6.07) is 1.61. The number of ether oxygens (including phenoxy) is 2. The van der Waals surface area contributed by atoms with Crippen LogP contribution in [0.15, 0.2) is 12.1 Å². The molecule has 1 unspecified atom stereocenters. The predicted octanol–water partition coefficient (Wildman–Crippen LogP) is 1.75. The summed E-state index contributed by atoms with van der Waals surface area (Å²) < 4.78 is 25.0. The number of halogens is 1. The van der Waals surface area contributed by atoms with Crippen LogP contribution in [0, 0.1) is 0 Å². The first kappa shape index (κ1) is 13.6. The van der Waals surface area contributed by atoms with Crippen LogP contribution in [0.25, 0.3) is 0 Å². The van der Waals surface area contributed by atoms with E-state index in [0.717, 1.165) is 0 Å². The molecule has 1 aromatic rings. The average Bonchev–Trinajstić information content (AvgIpc) is 2.35. The Labute approximate surface area is 110 Å². The largest absolute Gasteiger partial charge is 0.486 e. The monoisotopic (exact) mass is 269 g/mol. The summed E-state index contributed by atoms with van der Waals surface area (Å²) in [4.78, 5) is 11.0. The van der Waals surface area contributed by atoms with Crippen LogP contribution in [0.5, 0.6) is 11.5 Å². The van der Waals surface area contributed by atoms with Crippen molar-refractivity contribution in [1.29, 1.82) is 0 Å². The summed E-state index contributed by atoms with van der Waals surface area (Å²) in [7, 11) is 0. The molecule has 0 aliphatic carbocycles. The van der Waals surface area contributed by atoms with Gasteiger partial charge in [-0.25, -0.2) is 4.39 Å². The number of rotatable bonds is 3. The lowest BCUT2D eigenvalue weighted by molar-refractivity contribution is -0.138. The van der Waals surface area contributed by atoms with Crippen molar-refractivity contribution in [3.8, 4) is 11.5 Å². The van der Waals surface area contributed by atoms with Crippen LogP contribution in [0.4, 0.5) is 4.39 Å². The van der Waals surface area contributed by atoms with E-state index >= 15 is 0 Å². The Morgan fingerprint density at radius 3 is 2.37 bits per heavy atom. The molecule has 0 fully saturated rings. The number of hydrogen-bond donors (Lipinski definition) is 2. The predicted molar refractivity (Wildman–Crippen MR) is 66.1 cm³/mol. The van der Waals surface area contributed by atoms with Gasteiger partial charge in [0.2, 0.25) is 0 Å². The van der Waals surface area contributed by atoms with E-state index in [1.54, 1.807) is 0 Å². The molecule has 5 nitrogen and oxygen atoms in total. The summed E-state index contributed by atoms with van der Waals surface area (Å²) in [5.74, 6) is -0.415. The van der Waals surface area contributed by atoms with E-state index in [0.29, 0.717) is 24.7 Å². The summed E-state index contributed by atoms with van der Waals surface area (Å²) in [5, 5.41) is 9.01. The minimum atomic E-state index is -1.72. The van der Waals surface area contributed by atoms with Crippen LogP contribution < -0.4 is 15.2 Å². The number of aliphatic carboxylic acids is 1. The maximum Gasteiger partial charge on any atom is 0.325 e. The minimum absolute atomic E-state index is 0.198. The van der Waals surface area contributed by atoms with E-state index in [-0.39, 0.29) is 11.1 Å². The first-order valence-electron chi connectivity index (χ1n) is 5.92. The van der Waals surface area contributed by atoms with Gasteiger partial charge in [0.1, 0.15) is 24.9 Å². The van der Waals surface area contributed by atoms with Crippen LogP contribution in [-0.4, -0.2) is 24.3 Å². The Bertz CT molecular complexity index is 510. The maximum absolute atomic E-state index is 14.2. The fraction of sp³-hybridized carbons (Fsp3) is 0.462. The molecular formula is C13H16FNO4. The summed E-state index contributed by atoms with van der Waals surface area (Å²) in [5.41, 5.74) is 4.28. The zero-order valence-corrected chi connectivity index (χ0v) is 10.8. The molecule has 19 heavy (non-hydrogen) atoms. The minimum Gasteiger partial charge on any atom is -0.486 e. The molecule has 1 heterocycles. The third-order valence-corrected chi connectivity index (χ3v) is 2.96. The van der Waals surface area contributed by atoms with Gasteiger partial charge in [-0.15, -0.1) is 0 Å². The van der Waals surface area contributed by atoms with Crippen molar-refractivity contribution in [2.24, 2.45) is 5.73 Å². The molecule has 1 aromatic carbocycles. The number of hydrogen-bond acceptors (Lipinski definition) is 4. The number of carboxylic acid groups (broad SMARTS) is 1. The third kappa shape index (κ3) is 2.63. The Morgan fingerprint density at radius 1 is 1.37 bits per heavy atom. The van der Waals surface area contributed by atoms with Gasteiger partial charge in [-0.05, 0) is 37.1 Å². The van der Waals surface area contributed by atoms with Crippen molar-refractivity contribution >= 4 is 5.97 Å². The summed E-state index contributed by atoms with van der Waals surface area (Å²) >= 11 is 0. The van der Waals surface area contributed by atoms with Gasteiger partial charge in [-0.3, -0.25) is 4.79 Å². The molecule has 6 heteroatoms. The van der Waals surface area contributed by atoms with Crippen LogP contribution in [0.3, 0.4) is 0 Å². The first-order valence-corrected chi connectivity index (χ1v) is 5.92. The quantitative estimate of drug-likeness (QED) is 0.873.